The lowest BCUT2D eigenvalue weighted by Gasteiger charge is -2.42. The van der Waals surface area contributed by atoms with Gasteiger partial charge in [-0.1, -0.05) is 84.9 Å². The van der Waals surface area contributed by atoms with Crippen LogP contribution in [0.4, 0.5) is 4.79 Å². The highest BCUT2D eigenvalue weighted by Crippen LogP contribution is 2.32. The molecule has 0 aliphatic heterocycles. The van der Waals surface area contributed by atoms with Crippen LogP contribution < -0.4 is 5.32 Å². The zero-order valence-corrected chi connectivity index (χ0v) is 27.2. The fourth-order valence-corrected chi connectivity index (χ4v) is 4.75. The minimum absolute atomic E-state index is 0.0855. The van der Waals surface area contributed by atoms with Crippen molar-refractivity contribution in [2.75, 3.05) is 14.1 Å². The summed E-state index contributed by atoms with van der Waals surface area (Å²) in [7, 11) is 3.14. The number of aliphatic carboxylic acids is 1. The highest BCUT2D eigenvalue weighted by Gasteiger charge is 2.45. The van der Waals surface area contributed by atoms with E-state index in [1.54, 1.807) is 33.9 Å². The molecule has 0 aromatic heterocycles. The van der Waals surface area contributed by atoms with Crippen molar-refractivity contribution in [2.45, 2.75) is 105 Å². The fraction of sp³-hybridized carbons (Fsp3) is 0.625. The summed E-state index contributed by atoms with van der Waals surface area (Å²) in [6, 6.07) is 6.90. The normalized spacial score (nSPS) is 15.0. The van der Waals surface area contributed by atoms with Crippen LogP contribution in [0.1, 0.15) is 81.7 Å². The molecule has 1 aromatic carbocycles. The number of amides is 3. The second-order valence-electron chi connectivity index (χ2n) is 13.7. The van der Waals surface area contributed by atoms with E-state index >= 15 is 0 Å². The molecule has 0 saturated carbocycles. The van der Waals surface area contributed by atoms with Gasteiger partial charge >= 0.3 is 12.1 Å². The number of nitrogens with zero attached hydrogens (tertiary/aromatic N) is 2. The van der Waals surface area contributed by atoms with E-state index in [-0.39, 0.29) is 17.4 Å². The Hall–Kier alpha value is -3.36. The predicted molar refractivity (Wildman–Crippen MR) is 161 cm³/mol. The largest absolute Gasteiger partial charge is 0.478 e. The van der Waals surface area contributed by atoms with Gasteiger partial charge in [0.15, 0.2) is 0 Å². The van der Waals surface area contributed by atoms with Gasteiger partial charge in [0.25, 0.3) is 0 Å². The Morgan fingerprint density at radius 2 is 1.41 bits per heavy atom. The summed E-state index contributed by atoms with van der Waals surface area (Å²) in [5, 5.41) is 12.4. The van der Waals surface area contributed by atoms with Crippen LogP contribution in [0, 0.1) is 11.3 Å². The molecular formula is C32H51N3O6. The summed E-state index contributed by atoms with van der Waals surface area (Å²) in [5.74, 6) is -2.02. The van der Waals surface area contributed by atoms with Gasteiger partial charge in [-0.25, -0.2) is 9.59 Å². The molecule has 0 radical (unpaired) electrons. The number of rotatable bonds is 10. The van der Waals surface area contributed by atoms with E-state index in [4.69, 9.17) is 4.74 Å². The standard InChI is InChI=1S/C32H51N3O6/c1-20(2)23(19-21(3)28(38)39)34(12)27(37)24(30(4,5)6)33-26(36)25(35(13)29(40)41-31(7,8)9)32(10,11)22-17-15-14-16-18-22/h14-20,23-25H,1-13H3,(H,33,36)(H,38,39)/b21-19+. The topological polar surface area (TPSA) is 116 Å². The third-order valence-electron chi connectivity index (χ3n) is 7.15. The molecule has 0 aliphatic rings. The number of hydrogen-bond acceptors (Lipinski definition) is 5. The molecule has 2 N–H and O–H groups in total. The summed E-state index contributed by atoms with van der Waals surface area (Å²) in [4.78, 5) is 55.7. The molecule has 41 heavy (non-hydrogen) atoms. The molecule has 3 atom stereocenters. The Morgan fingerprint density at radius 3 is 1.83 bits per heavy atom. The van der Waals surface area contributed by atoms with Crippen LogP contribution in [0.2, 0.25) is 0 Å². The lowest BCUT2D eigenvalue weighted by molar-refractivity contribution is -0.142. The SMILES string of the molecule is C/C(=C\C(C(C)C)N(C)C(=O)C(NC(=O)C(N(C)C(=O)OC(C)(C)C)C(C)(C)c1ccccc1)C(C)(C)C)C(=O)O. The number of carbonyl (C=O) groups is 4. The smallest absolute Gasteiger partial charge is 0.410 e. The van der Waals surface area contributed by atoms with Gasteiger partial charge in [-0.3, -0.25) is 14.5 Å². The number of nitrogens with one attached hydrogen (secondary N) is 1. The molecule has 0 fully saturated rings. The van der Waals surface area contributed by atoms with Crippen molar-refractivity contribution < 1.29 is 29.0 Å². The maximum Gasteiger partial charge on any atom is 0.410 e. The van der Waals surface area contributed by atoms with Crippen molar-refractivity contribution in [3.8, 4) is 0 Å². The molecule has 1 aromatic rings. The number of ether oxygens (including phenoxy) is 1. The maximum atomic E-state index is 14.2. The van der Waals surface area contributed by atoms with Crippen molar-refractivity contribution in [3.05, 3.63) is 47.5 Å². The van der Waals surface area contributed by atoms with Crippen molar-refractivity contribution in [1.29, 1.82) is 0 Å². The van der Waals surface area contributed by atoms with Crippen molar-refractivity contribution in [3.63, 3.8) is 0 Å². The Bertz CT molecular complexity index is 1110. The first kappa shape index (κ1) is 35.7. The van der Waals surface area contributed by atoms with Gasteiger partial charge in [0.1, 0.15) is 17.7 Å². The monoisotopic (exact) mass is 573 g/mol. The van der Waals surface area contributed by atoms with Crippen LogP contribution >= 0.6 is 0 Å². The summed E-state index contributed by atoms with van der Waals surface area (Å²) in [5.41, 5.74) is -1.39. The van der Waals surface area contributed by atoms with E-state index in [9.17, 15) is 24.3 Å². The molecule has 0 heterocycles. The zero-order valence-electron chi connectivity index (χ0n) is 27.2. The molecule has 0 bridgehead atoms. The summed E-state index contributed by atoms with van der Waals surface area (Å²) in [6.07, 6.45) is 0.899. The molecule has 0 spiro atoms. The Kier molecular flexibility index (Phi) is 11.8. The molecule has 9 nitrogen and oxygen atoms in total. The second kappa shape index (κ2) is 13.5. The molecule has 0 aliphatic carbocycles. The summed E-state index contributed by atoms with van der Waals surface area (Å²) in [6.45, 7) is 19.9. The van der Waals surface area contributed by atoms with Gasteiger partial charge in [-0.15, -0.1) is 0 Å². The fourth-order valence-electron chi connectivity index (χ4n) is 4.75. The first-order valence-corrected chi connectivity index (χ1v) is 14.0. The molecule has 3 unspecified atom stereocenters. The quantitative estimate of drug-likeness (QED) is 0.370. The lowest BCUT2D eigenvalue weighted by Crippen LogP contribution is -2.63. The van der Waals surface area contributed by atoms with Gasteiger partial charge < -0.3 is 20.1 Å². The van der Waals surface area contributed by atoms with Gasteiger partial charge in [0.05, 0.1) is 6.04 Å². The molecule has 1 rings (SSSR count). The van der Waals surface area contributed by atoms with E-state index in [0.717, 1.165) is 5.56 Å². The van der Waals surface area contributed by atoms with Crippen molar-refractivity contribution in [1.82, 2.24) is 15.1 Å². The van der Waals surface area contributed by atoms with E-state index in [1.807, 2.05) is 78.8 Å². The third-order valence-corrected chi connectivity index (χ3v) is 7.15. The van der Waals surface area contributed by atoms with Crippen LogP contribution in [0.3, 0.4) is 0 Å². The molecular weight excluding hydrogens is 522 g/mol. The van der Waals surface area contributed by atoms with Crippen molar-refractivity contribution in [2.24, 2.45) is 11.3 Å². The van der Waals surface area contributed by atoms with Gasteiger partial charge in [0.2, 0.25) is 11.8 Å². The van der Waals surface area contributed by atoms with Gasteiger partial charge in [0, 0.05) is 25.1 Å². The van der Waals surface area contributed by atoms with E-state index < -0.39 is 52.5 Å². The number of hydrogen-bond donors (Lipinski definition) is 2. The average molecular weight is 574 g/mol. The molecule has 3 amide bonds. The molecule has 9 heteroatoms. The van der Waals surface area contributed by atoms with E-state index in [0.29, 0.717) is 0 Å². The number of benzene rings is 1. The van der Waals surface area contributed by atoms with Gasteiger partial charge in [-0.05, 0) is 44.6 Å². The maximum absolute atomic E-state index is 14.2. The van der Waals surface area contributed by atoms with Crippen LogP contribution in [-0.4, -0.2) is 76.6 Å². The predicted octanol–water partition coefficient (Wildman–Crippen LogP) is 5.24. The number of carboxylic acids is 1. The van der Waals surface area contributed by atoms with Crippen molar-refractivity contribution >= 4 is 23.9 Å². The number of likely N-dealkylation sites (N-methyl/N-ethyl adjacent to an activating group) is 2. The highest BCUT2D eigenvalue weighted by atomic mass is 16.6. The Balaban J connectivity index is 3.59. The average Bonchev–Trinajstić information content (AvgIpc) is 2.83. The molecule has 230 valence electrons. The first-order chi connectivity index (χ1) is 18.5. The number of carbonyl (C=O) groups excluding carboxylic acids is 3. The van der Waals surface area contributed by atoms with E-state index in [1.165, 1.54) is 23.8 Å². The van der Waals surface area contributed by atoms with Crippen LogP contribution in [0.25, 0.3) is 0 Å². The third kappa shape index (κ3) is 9.61. The highest BCUT2D eigenvalue weighted by molar-refractivity contribution is 5.93. The first-order valence-electron chi connectivity index (χ1n) is 14.0. The van der Waals surface area contributed by atoms with Crippen LogP contribution in [-0.2, 0) is 24.5 Å². The summed E-state index contributed by atoms with van der Waals surface area (Å²) < 4.78 is 5.61. The second-order valence-corrected chi connectivity index (χ2v) is 13.7. The minimum atomic E-state index is -1.06. The number of carboxylic acid groups (broad SMARTS) is 1. The van der Waals surface area contributed by atoms with Crippen LogP contribution in [0.15, 0.2) is 42.0 Å². The Labute approximate surface area is 246 Å². The molecule has 0 saturated heterocycles. The summed E-state index contributed by atoms with van der Waals surface area (Å²) >= 11 is 0. The van der Waals surface area contributed by atoms with Gasteiger partial charge in [-0.2, -0.15) is 0 Å². The van der Waals surface area contributed by atoms with E-state index in [2.05, 4.69) is 5.32 Å². The minimum Gasteiger partial charge on any atom is -0.478 e. The zero-order chi connectivity index (χ0) is 32.1. The van der Waals surface area contributed by atoms with Crippen LogP contribution in [0.5, 0.6) is 0 Å². The lowest BCUT2D eigenvalue weighted by atomic mass is 9.76. The Morgan fingerprint density at radius 1 is 0.902 bits per heavy atom.